The minimum absolute atomic E-state index is 0.0341. The number of fused-ring (bicyclic) bond motifs is 1. The third-order valence-corrected chi connectivity index (χ3v) is 5.47. The van der Waals surface area contributed by atoms with Crippen molar-refractivity contribution in [3.8, 4) is 17.0 Å². The smallest absolute Gasteiger partial charge is 0.213 e. The monoisotopic (exact) mass is 336 g/mol. The Labute approximate surface area is 135 Å². The maximum atomic E-state index is 11.5. The van der Waals surface area contributed by atoms with Crippen LogP contribution >= 0.6 is 0 Å². The fourth-order valence-corrected chi connectivity index (χ4v) is 3.45. The van der Waals surface area contributed by atoms with E-state index >= 15 is 0 Å². The van der Waals surface area contributed by atoms with Crippen LogP contribution < -0.4 is 9.46 Å². The molecule has 124 valence electrons. The number of aryl methyl sites for hydroxylation is 3. The van der Waals surface area contributed by atoms with E-state index in [9.17, 15) is 8.42 Å². The maximum absolute atomic E-state index is 11.5. The summed E-state index contributed by atoms with van der Waals surface area (Å²) in [4.78, 5) is 0. The first-order chi connectivity index (χ1) is 11.0. The molecule has 0 spiro atoms. The summed E-state index contributed by atoms with van der Waals surface area (Å²) in [5, 5.41) is 8.18. The molecule has 1 heterocycles. The van der Waals surface area contributed by atoms with Crippen LogP contribution in [0.1, 0.15) is 17.5 Å². The lowest BCUT2D eigenvalue weighted by Gasteiger charge is -2.09. The Morgan fingerprint density at radius 2 is 2.04 bits per heavy atom. The second-order valence-corrected chi connectivity index (χ2v) is 7.61. The first-order valence-corrected chi connectivity index (χ1v) is 9.19. The van der Waals surface area contributed by atoms with Gasteiger partial charge in [-0.15, -0.1) is 5.10 Å². The van der Waals surface area contributed by atoms with Crippen molar-refractivity contribution in [2.75, 3.05) is 19.9 Å². The van der Waals surface area contributed by atoms with Crippen molar-refractivity contribution in [3.63, 3.8) is 0 Å². The van der Waals surface area contributed by atoms with Gasteiger partial charge in [-0.2, -0.15) is 0 Å². The van der Waals surface area contributed by atoms with Crippen molar-refractivity contribution in [3.05, 3.63) is 29.5 Å². The van der Waals surface area contributed by atoms with E-state index in [2.05, 4.69) is 27.2 Å². The van der Waals surface area contributed by atoms with Gasteiger partial charge in [0.05, 0.1) is 25.6 Å². The third kappa shape index (κ3) is 3.37. The molecule has 0 bridgehead atoms. The van der Waals surface area contributed by atoms with Crippen molar-refractivity contribution in [1.29, 1.82) is 0 Å². The molecule has 0 atom stereocenters. The Morgan fingerprint density at radius 3 is 2.74 bits per heavy atom. The second-order valence-electron chi connectivity index (χ2n) is 5.56. The molecule has 2 aromatic rings. The molecule has 1 aliphatic carbocycles. The van der Waals surface area contributed by atoms with Crippen molar-refractivity contribution < 1.29 is 13.2 Å². The van der Waals surface area contributed by atoms with E-state index in [1.54, 1.807) is 13.3 Å². The molecule has 23 heavy (non-hydrogen) atoms. The summed E-state index contributed by atoms with van der Waals surface area (Å²) >= 11 is 0. The van der Waals surface area contributed by atoms with E-state index in [-0.39, 0.29) is 12.3 Å². The molecule has 7 nitrogen and oxygen atoms in total. The highest BCUT2D eigenvalue weighted by Crippen LogP contribution is 2.35. The molecule has 0 radical (unpaired) electrons. The Hall–Kier alpha value is -1.93. The summed E-state index contributed by atoms with van der Waals surface area (Å²) < 4.78 is 32.3. The van der Waals surface area contributed by atoms with Gasteiger partial charge in [0.2, 0.25) is 10.0 Å². The standard InChI is InChI=1S/C15H20N4O3S/c1-16-23(20,21)7-6-19-10-14(17-18-19)13-8-11-4-3-5-12(11)9-15(13)22-2/h8-10,16H,3-7H2,1-2H3. The molecule has 0 saturated carbocycles. The van der Waals surface area contributed by atoms with Gasteiger partial charge in [-0.05, 0) is 49.6 Å². The van der Waals surface area contributed by atoms with Crippen LogP contribution in [-0.4, -0.2) is 43.3 Å². The van der Waals surface area contributed by atoms with Crippen LogP contribution in [0.25, 0.3) is 11.3 Å². The summed E-state index contributed by atoms with van der Waals surface area (Å²) in [6, 6.07) is 4.18. The zero-order valence-electron chi connectivity index (χ0n) is 13.2. The Morgan fingerprint density at radius 1 is 1.30 bits per heavy atom. The fourth-order valence-electron chi connectivity index (χ4n) is 2.82. The topological polar surface area (TPSA) is 86.1 Å². The van der Waals surface area contributed by atoms with Gasteiger partial charge < -0.3 is 4.74 Å². The zero-order valence-corrected chi connectivity index (χ0v) is 14.1. The molecule has 0 aliphatic heterocycles. The number of nitrogens with one attached hydrogen (secondary N) is 1. The fraction of sp³-hybridized carbons (Fsp3) is 0.467. The highest BCUT2D eigenvalue weighted by atomic mass is 32.2. The molecule has 1 aromatic carbocycles. The van der Waals surface area contributed by atoms with Crippen molar-refractivity contribution >= 4 is 10.0 Å². The predicted octanol–water partition coefficient (Wildman–Crippen LogP) is 0.992. The Bertz CT molecular complexity index is 814. The van der Waals surface area contributed by atoms with Crippen molar-refractivity contribution in [1.82, 2.24) is 19.7 Å². The molecule has 0 fully saturated rings. The van der Waals surface area contributed by atoms with Crippen LogP contribution in [0, 0.1) is 0 Å². The van der Waals surface area contributed by atoms with E-state index < -0.39 is 10.0 Å². The zero-order chi connectivity index (χ0) is 16.4. The van der Waals surface area contributed by atoms with Crippen LogP contribution in [-0.2, 0) is 29.4 Å². The van der Waals surface area contributed by atoms with E-state index in [4.69, 9.17) is 4.74 Å². The van der Waals surface area contributed by atoms with Gasteiger partial charge in [-0.1, -0.05) is 5.21 Å². The average molecular weight is 336 g/mol. The lowest BCUT2D eigenvalue weighted by atomic mass is 10.0. The third-order valence-electron chi connectivity index (χ3n) is 4.13. The first-order valence-electron chi connectivity index (χ1n) is 7.54. The van der Waals surface area contributed by atoms with Crippen molar-refractivity contribution in [2.24, 2.45) is 0 Å². The number of nitrogens with zero attached hydrogens (tertiary/aromatic N) is 3. The molecule has 1 aromatic heterocycles. The average Bonchev–Trinajstić information content (AvgIpc) is 3.20. The van der Waals surface area contributed by atoms with Crippen LogP contribution in [0.2, 0.25) is 0 Å². The van der Waals surface area contributed by atoms with Gasteiger partial charge >= 0.3 is 0 Å². The quantitative estimate of drug-likeness (QED) is 0.850. The van der Waals surface area contributed by atoms with Gasteiger partial charge in [0.15, 0.2) is 0 Å². The Balaban J connectivity index is 1.86. The van der Waals surface area contributed by atoms with Crippen molar-refractivity contribution in [2.45, 2.75) is 25.8 Å². The van der Waals surface area contributed by atoms with Crippen LogP contribution in [0.3, 0.4) is 0 Å². The molecule has 1 N–H and O–H groups in total. The van der Waals surface area contributed by atoms with Crippen LogP contribution in [0.5, 0.6) is 5.75 Å². The Kier molecular flexibility index (Phi) is 4.36. The number of ether oxygens (including phenoxy) is 1. The number of aromatic nitrogens is 3. The summed E-state index contributed by atoms with van der Waals surface area (Å²) in [5.74, 6) is 0.744. The van der Waals surface area contributed by atoms with E-state index in [0.717, 1.165) is 30.6 Å². The van der Waals surface area contributed by atoms with Gasteiger partial charge in [0, 0.05) is 5.56 Å². The molecule has 8 heteroatoms. The molecule has 0 unspecified atom stereocenters. The van der Waals surface area contributed by atoms with Gasteiger partial charge in [-0.25, -0.2) is 13.1 Å². The number of sulfonamides is 1. The van der Waals surface area contributed by atoms with Crippen LogP contribution in [0.15, 0.2) is 18.3 Å². The molecular formula is C15H20N4O3S. The number of methoxy groups -OCH3 is 1. The normalized spacial score (nSPS) is 14.0. The largest absolute Gasteiger partial charge is 0.496 e. The molecule has 0 amide bonds. The van der Waals surface area contributed by atoms with E-state index in [1.807, 2.05) is 0 Å². The molecule has 0 saturated heterocycles. The highest BCUT2D eigenvalue weighted by Gasteiger charge is 2.18. The predicted molar refractivity (Wildman–Crippen MR) is 86.9 cm³/mol. The lowest BCUT2D eigenvalue weighted by molar-refractivity contribution is 0.416. The summed E-state index contributed by atoms with van der Waals surface area (Å²) in [6.07, 6.45) is 5.07. The van der Waals surface area contributed by atoms with E-state index in [1.165, 1.54) is 22.9 Å². The minimum Gasteiger partial charge on any atom is -0.496 e. The summed E-state index contributed by atoms with van der Waals surface area (Å²) in [7, 11) is -0.214. The first kappa shape index (κ1) is 15.9. The SMILES string of the molecule is CNS(=O)(=O)CCn1cc(-c2cc3c(cc2OC)CCC3)nn1. The minimum atomic E-state index is -3.26. The number of benzene rings is 1. The van der Waals surface area contributed by atoms with Crippen LogP contribution in [0.4, 0.5) is 0 Å². The van der Waals surface area contributed by atoms with Gasteiger partial charge in [0.25, 0.3) is 0 Å². The number of hydrogen-bond acceptors (Lipinski definition) is 5. The lowest BCUT2D eigenvalue weighted by Crippen LogP contribution is -2.24. The maximum Gasteiger partial charge on any atom is 0.213 e. The molecular weight excluding hydrogens is 316 g/mol. The summed E-state index contributed by atoms with van der Waals surface area (Å²) in [5.41, 5.74) is 4.25. The molecule has 3 rings (SSSR count). The number of hydrogen-bond donors (Lipinski definition) is 1. The second kappa shape index (κ2) is 6.29. The van der Waals surface area contributed by atoms with Gasteiger partial charge in [-0.3, -0.25) is 4.68 Å². The van der Waals surface area contributed by atoms with Gasteiger partial charge in [0.1, 0.15) is 11.4 Å². The summed E-state index contributed by atoms with van der Waals surface area (Å²) in [6.45, 7) is 0.253. The number of rotatable bonds is 6. The molecule has 1 aliphatic rings. The highest BCUT2D eigenvalue weighted by molar-refractivity contribution is 7.89. The van der Waals surface area contributed by atoms with E-state index in [0.29, 0.717) is 5.69 Å².